The van der Waals surface area contributed by atoms with Gasteiger partial charge in [-0.2, -0.15) is 4.37 Å². The van der Waals surface area contributed by atoms with Crippen molar-refractivity contribution >= 4 is 39.7 Å². The summed E-state index contributed by atoms with van der Waals surface area (Å²) in [5.74, 6) is 0.105. The first-order valence-electron chi connectivity index (χ1n) is 6.18. The molecule has 3 N–H and O–H groups in total. The molecule has 2 heterocycles. The predicted molar refractivity (Wildman–Crippen MR) is 83.4 cm³/mol. The van der Waals surface area contributed by atoms with Crippen LogP contribution < -0.4 is 11.1 Å². The molecule has 7 heteroatoms. The lowest BCUT2D eigenvalue weighted by atomic mass is 10.0. The van der Waals surface area contributed by atoms with Gasteiger partial charge in [-0.3, -0.25) is 0 Å². The van der Waals surface area contributed by atoms with Gasteiger partial charge in [-0.05, 0) is 28.9 Å². The molecule has 1 unspecified atom stereocenters. The minimum atomic E-state index is -0.465. The number of carbonyl (C=O) groups excluding carboxylic acids is 1. The van der Waals surface area contributed by atoms with Crippen molar-refractivity contribution in [3.8, 4) is 0 Å². The fourth-order valence-corrected chi connectivity index (χ4v) is 3.56. The first-order chi connectivity index (χ1) is 9.54. The maximum absolute atomic E-state index is 11.8. The monoisotopic (exact) mass is 311 g/mol. The van der Waals surface area contributed by atoms with Crippen molar-refractivity contribution in [3.63, 3.8) is 0 Å². The molecular weight excluding hydrogens is 294 g/mol. The maximum Gasteiger partial charge on any atom is 0.344 e. The summed E-state index contributed by atoms with van der Waals surface area (Å²) in [4.78, 5) is 13.0. The molecule has 1 atom stereocenters. The third-order valence-electron chi connectivity index (χ3n) is 2.91. The van der Waals surface area contributed by atoms with Gasteiger partial charge in [-0.1, -0.05) is 19.9 Å². The lowest BCUT2D eigenvalue weighted by Crippen LogP contribution is -2.17. The summed E-state index contributed by atoms with van der Waals surface area (Å²) in [6, 6.07) is 4.20. The number of nitrogens with zero attached hydrogens (tertiary/aromatic N) is 1. The number of rotatable bonds is 5. The van der Waals surface area contributed by atoms with E-state index in [1.54, 1.807) is 11.3 Å². The van der Waals surface area contributed by atoms with Crippen molar-refractivity contribution in [1.82, 2.24) is 4.37 Å². The number of methoxy groups -OCH3 is 1. The topological polar surface area (TPSA) is 77.2 Å². The molecule has 0 fully saturated rings. The summed E-state index contributed by atoms with van der Waals surface area (Å²) in [5, 5.41) is 6.06. The summed E-state index contributed by atoms with van der Waals surface area (Å²) in [6.45, 7) is 4.25. The highest BCUT2D eigenvalue weighted by molar-refractivity contribution is 7.11. The predicted octanol–water partition coefficient (Wildman–Crippen LogP) is 3.38. The van der Waals surface area contributed by atoms with Crippen LogP contribution in [0.25, 0.3) is 0 Å². The number of thiophene rings is 1. The Morgan fingerprint density at radius 2 is 2.25 bits per heavy atom. The summed E-state index contributed by atoms with van der Waals surface area (Å²) in [5.41, 5.74) is 6.07. The Labute approximate surface area is 125 Å². The van der Waals surface area contributed by atoms with Crippen LogP contribution in [-0.4, -0.2) is 17.5 Å². The average Bonchev–Trinajstić information content (AvgIpc) is 3.04. The average molecular weight is 311 g/mol. The molecule has 0 amide bonds. The number of aromatic nitrogens is 1. The molecule has 20 heavy (non-hydrogen) atoms. The second-order valence-electron chi connectivity index (χ2n) is 4.64. The zero-order valence-electron chi connectivity index (χ0n) is 11.5. The second-order valence-corrected chi connectivity index (χ2v) is 6.40. The third-order valence-corrected chi connectivity index (χ3v) is 4.66. The molecule has 0 saturated carbocycles. The molecule has 0 spiro atoms. The van der Waals surface area contributed by atoms with Gasteiger partial charge in [-0.25, -0.2) is 4.79 Å². The van der Waals surface area contributed by atoms with Crippen LogP contribution in [0.3, 0.4) is 0 Å². The van der Waals surface area contributed by atoms with E-state index in [4.69, 9.17) is 10.5 Å². The third kappa shape index (κ3) is 2.94. The quantitative estimate of drug-likeness (QED) is 0.828. The minimum Gasteiger partial charge on any atom is -0.465 e. The van der Waals surface area contributed by atoms with E-state index in [0.717, 1.165) is 0 Å². The molecule has 108 valence electrons. The van der Waals surface area contributed by atoms with E-state index in [0.29, 0.717) is 16.5 Å². The van der Waals surface area contributed by atoms with E-state index in [-0.39, 0.29) is 11.9 Å². The van der Waals surface area contributed by atoms with Crippen LogP contribution >= 0.6 is 22.9 Å². The Morgan fingerprint density at radius 1 is 1.50 bits per heavy atom. The van der Waals surface area contributed by atoms with E-state index < -0.39 is 5.97 Å². The number of hydrogen-bond acceptors (Lipinski definition) is 7. The number of carbonyl (C=O) groups is 1. The molecule has 0 aliphatic heterocycles. The first kappa shape index (κ1) is 14.8. The van der Waals surface area contributed by atoms with Gasteiger partial charge in [0.05, 0.1) is 13.2 Å². The number of esters is 1. The lowest BCUT2D eigenvalue weighted by molar-refractivity contribution is 0.0603. The van der Waals surface area contributed by atoms with Crippen molar-refractivity contribution in [2.75, 3.05) is 18.2 Å². The van der Waals surface area contributed by atoms with Crippen LogP contribution in [0.5, 0.6) is 0 Å². The summed E-state index contributed by atoms with van der Waals surface area (Å²) < 4.78 is 8.80. The Morgan fingerprint density at radius 3 is 2.80 bits per heavy atom. The van der Waals surface area contributed by atoms with Gasteiger partial charge in [-0.15, -0.1) is 11.3 Å². The molecule has 0 saturated heterocycles. The van der Waals surface area contributed by atoms with Crippen LogP contribution in [-0.2, 0) is 4.74 Å². The van der Waals surface area contributed by atoms with Crippen molar-refractivity contribution in [1.29, 1.82) is 0 Å². The highest BCUT2D eigenvalue weighted by atomic mass is 32.1. The van der Waals surface area contributed by atoms with E-state index in [1.807, 2.05) is 11.4 Å². The zero-order valence-corrected chi connectivity index (χ0v) is 13.2. The Bertz CT molecular complexity index is 578. The van der Waals surface area contributed by atoms with Gasteiger partial charge in [0.15, 0.2) is 5.82 Å². The molecule has 2 aromatic rings. The first-order valence-corrected chi connectivity index (χ1v) is 7.83. The van der Waals surface area contributed by atoms with Crippen molar-refractivity contribution in [2.24, 2.45) is 5.92 Å². The van der Waals surface area contributed by atoms with Crippen LogP contribution in [0, 0.1) is 5.92 Å². The van der Waals surface area contributed by atoms with Crippen molar-refractivity contribution < 1.29 is 9.53 Å². The fraction of sp³-hybridized carbons (Fsp3) is 0.385. The molecular formula is C13H17N3O2S2. The van der Waals surface area contributed by atoms with E-state index in [2.05, 4.69) is 29.6 Å². The Kier molecular flexibility index (Phi) is 4.61. The lowest BCUT2D eigenvalue weighted by Gasteiger charge is -2.21. The summed E-state index contributed by atoms with van der Waals surface area (Å²) in [7, 11) is 1.34. The standard InChI is InChI=1S/C13H17N3O2S2/c1-7(2)10(8-5-4-6-19-8)15-12-9(13(17)18-3)11(14)16-20-12/h4-7,10,15H,1-3H3,(H2,14,16). The van der Waals surface area contributed by atoms with Gasteiger partial charge in [0, 0.05) is 4.88 Å². The molecule has 2 rings (SSSR count). The van der Waals surface area contributed by atoms with E-state index in [1.165, 1.54) is 23.5 Å². The van der Waals surface area contributed by atoms with Gasteiger partial charge >= 0.3 is 5.97 Å². The molecule has 0 bridgehead atoms. The molecule has 0 aliphatic carbocycles. The number of nitrogens with one attached hydrogen (secondary N) is 1. The van der Waals surface area contributed by atoms with Crippen LogP contribution in [0.1, 0.15) is 35.1 Å². The van der Waals surface area contributed by atoms with Crippen molar-refractivity contribution in [3.05, 3.63) is 28.0 Å². The van der Waals surface area contributed by atoms with E-state index in [9.17, 15) is 4.79 Å². The fourth-order valence-electron chi connectivity index (χ4n) is 1.88. The summed E-state index contributed by atoms with van der Waals surface area (Å²) in [6.07, 6.45) is 0. The summed E-state index contributed by atoms with van der Waals surface area (Å²) >= 11 is 2.86. The SMILES string of the molecule is COC(=O)c1c(N)nsc1NC(c1cccs1)C(C)C. The molecule has 0 aromatic carbocycles. The normalized spacial score (nSPS) is 12.4. The smallest absolute Gasteiger partial charge is 0.344 e. The van der Waals surface area contributed by atoms with Gasteiger partial charge < -0.3 is 15.8 Å². The van der Waals surface area contributed by atoms with E-state index >= 15 is 0 Å². The van der Waals surface area contributed by atoms with Crippen LogP contribution in [0.2, 0.25) is 0 Å². The number of nitrogens with two attached hydrogens (primary N) is 1. The highest BCUT2D eigenvalue weighted by Gasteiger charge is 2.24. The number of nitrogen functional groups attached to an aromatic ring is 1. The number of ether oxygens (including phenoxy) is 1. The van der Waals surface area contributed by atoms with Gasteiger partial charge in [0.1, 0.15) is 10.6 Å². The molecule has 5 nitrogen and oxygen atoms in total. The van der Waals surface area contributed by atoms with Crippen LogP contribution in [0.4, 0.5) is 10.8 Å². The minimum absolute atomic E-state index is 0.109. The molecule has 0 radical (unpaired) electrons. The molecule has 0 aliphatic rings. The molecule has 2 aromatic heterocycles. The van der Waals surface area contributed by atoms with Crippen molar-refractivity contribution in [2.45, 2.75) is 19.9 Å². The Hall–Kier alpha value is -1.60. The Balaban J connectivity index is 2.30. The highest BCUT2D eigenvalue weighted by Crippen LogP contribution is 2.35. The second kappa shape index (κ2) is 6.23. The van der Waals surface area contributed by atoms with Crippen LogP contribution in [0.15, 0.2) is 17.5 Å². The maximum atomic E-state index is 11.8. The van der Waals surface area contributed by atoms with Gasteiger partial charge in [0.2, 0.25) is 0 Å². The largest absolute Gasteiger partial charge is 0.465 e. The van der Waals surface area contributed by atoms with Gasteiger partial charge in [0.25, 0.3) is 0 Å². The number of anilines is 2. The zero-order chi connectivity index (χ0) is 14.7. The number of hydrogen-bond donors (Lipinski definition) is 2.